The van der Waals surface area contributed by atoms with Crippen molar-refractivity contribution < 1.29 is 41.8 Å². The molecule has 0 spiro atoms. The Morgan fingerprint density at radius 3 is 2.48 bits per heavy atom. The molecule has 0 bridgehead atoms. The number of alkyl halides is 3. The lowest BCUT2D eigenvalue weighted by Crippen LogP contribution is -2.68. The van der Waals surface area contributed by atoms with Crippen LogP contribution in [0.2, 0.25) is 0 Å². The predicted octanol–water partition coefficient (Wildman–Crippen LogP) is 5.67. The highest BCUT2D eigenvalue weighted by Gasteiger charge is 2.61. The van der Waals surface area contributed by atoms with Crippen LogP contribution in [0.4, 0.5) is 13.2 Å². The molecule has 0 radical (unpaired) electrons. The van der Waals surface area contributed by atoms with Crippen molar-refractivity contribution in [3.8, 4) is 11.5 Å². The van der Waals surface area contributed by atoms with Crippen LogP contribution in [0, 0.1) is 0 Å². The van der Waals surface area contributed by atoms with E-state index in [0.29, 0.717) is 56.6 Å². The fraction of sp³-hybridized carbons (Fsp3) is 0.424. The number of fused-ring (bicyclic) bond motifs is 1. The molecule has 2 aliphatic rings. The molecule has 1 amide bonds. The van der Waals surface area contributed by atoms with Crippen LogP contribution in [0.5, 0.6) is 11.5 Å². The number of carbonyl (C=O) groups is 3. The third kappa shape index (κ3) is 7.50. The second kappa shape index (κ2) is 13.3. The van der Waals surface area contributed by atoms with E-state index in [4.69, 9.17) is 9.47 Å². The highest BCUT2D eigenvalue weighted by Crippen LogP contribution is 2.54. The molecule has 3 unspecified atom stereocenters. The van der Waals surface area contributed by atoms with Crippen LogP contribution >= 0.6 is 0 Å². The summed E-state index contributed by atoms with van der Waals surface area (Å²) in [6.07, 6.45) is 1.85. The van der Waals surface area contributed by atoms with Crippen molar-refractivity contribution in [1.82, 2.24) is 9.80 Å². The van der Waals surface area contributed by atoms with Gasteiger partial charge in [-0.2, -0.15) is 0 Å². The van der Waals surface area contributed by atoms with E-state index in [-0.39, 0.29) is 17.7 Å². The molecule has 1 saturated heterocycles. The van der Waals surface area contributed by atoms with Gasteiger partial charge in [0, 0.05) is 51.5 Å². The summed E-state index contributed by atoms with van der Waals surface area (Å²) in [6.45, 7) is 8.36. The lowest BCUT2D eigenvalue weighted by Gasteiger charge is -2.60. The van der Waals surface area contributed by atoms with Crippen molar-refractivity contribution in [2.45, 2.75) is 63.0 Å². The van der Waals surface area contributed by atoms with Crippen molar-refractivity contribution >= 4 is 23.9 Å². The van der Waals surface area contributed by atoms with Crippen molar-refractivity contribution in [1.29, 1.82) is 0 Å². The number of hydrogen-bond acceptors (Lipinski definition) is 7. The minimum atomic E-state index is -4.82. The molecule has 1 heterocycles. The molecule has 2 fully saturated rings. The summed E-state index contributed by atoms with van der Waals surface area (Å²) in [5.74, 6) is -1.20. The minimum absolute atomic E-state index is 0.251. The van der Waals surface area contributed by atoms with Gasteiger partial charge in [0.25, 0.3) is 0 Å². The Bertz CT molecular complexity index is 1430. The molecular formula is C33H37F3N2O6. The fourth-order valence-electron chi connectivity index (χ4n) is 6.63. The normalized spacial score (nSPS) is 23.8. The summed E-state index contributed by atoms with van der Waals surface area (Å²) in [7, 11) is 1.69. The minimum Gasteiger partial charge on any atom is -0.457 e. The van der Waals surface area contributed by atoms with Crippen molar-refractivity contribution in [3.63, 3.8) is 0 Å². The van der Waals surface area contributed by atoms with E-state index in [0.717, 1.165) is 5.56 Å². The maximum absolute atomic E-state index is 13.4. The standard InChI is InChI=1S/C33H37F3N2O6/c1-5-17-38-18-16-31(26-9-7-10-28(20-26)42-23(2)39)21-27(14-15-32(31,22-38)43-24(3)40)37(4)30(41)13-12-25-8-6-11-29(19-25)44-33(34,35)36/h5-13,19-20,27H,1,14-18,21-22H2,2-4H3/b13-12+. The monoisotopic (exact) mass is 614 g/mol. The average molecular weight is 615 g/mol. The number of nitrogens with zero attached hydrogens (tertiary/aromatic N) is 2. The van der Waals surface area contributed by atoms with E-state index in [1.165, 1.54) is 44.2 Å². The first-order chi connectivity index (χ1) is 20.8. The molecule has 1 saturated carbocycles. The molecule has 8 nitrogen and oxygen atoms in total. The van der Waals surface area contributed by atoms with E-state index in [2.05, 4.69) is 16.2 Å². The van der Waals surface area contributed by atoms with Crippen LogP contribution in [0.1, 0.15) is 50.7 Å². The van der Waals surface area contributed by atoms with Gasteiger partial charge in [0.2, 0.25) is 5.91 Å². The number of piperidine rings is 1. The molecule has 1 aliphatic carbocycles. The van der Waals surface area contributed by atoms with Crippen LogP contribution in [0.3, 0.4) is 0 Å². The number of ether oxygens (including phenoxy) is 3. The van der Waals surface area contributed by atoms with Gasteiger partial charge in [-0.3, -0.25) is 19.3 Å². The summed E-state index contributed by atoms with van der Waals surface area (Å²) in [5, 5.41) is 0. The zero-order chi connectivity index (χ0) is 32.1. The van der Waals surface area contributed by atoms with Gasteiger partial charge in [-0.05, 0) is 73.7 Å². The molecule has 2 aromatic carbocycles. The van der Waals surface area contributed by atoms with Gasteiger partial charge in [-0.1, -0.05) is 30.3 Å². The first kappa shape index (κ1) is 32.8. The number of benzene rings is 2. The fourth-order valence-corrected chi connectivity index (χ4v) is 6.63. The lowest BCUT2D eigenvalue weighted by molar-refractivity contribution is -0.274. The van der Waals surface area contributed by atoms with Crippen LogP contribution in [-0.4, -0.2) is 72.3 Å². The Labute approximate surface area is 255 Å². The third-order valence-corrected chi connectivity index (χ3v) is 8.45. The van der Waals surface area contributed by atoms with Crippen molar-refractivity contribution in [3.05, 3.63) is 78.4 Å². The molecule has 0 N–H and O–H groups in total. The van der Waals surface area contributed by atoms with Crippen molar-refractivity contribution in [2.75, 3.05) is 26.7 Å². The first-order valence-electron chi connectivity index (χ1n) is 14.4. The molecule has 3 atom stereocenters. The zero-order valence-electron chi connectivity index (χ0n) is 25.1. The number of rotatable bonds is 9. The third-order valence-electron chi connectivity index (χ3n) is 8.45. The van der Waals surface area contributed by atoms with Crippen LogP contribution in [0.15, 0.2) is 67.3 Å². The molecular weight excluding hydrogens is 577 g/mol. The van der Waals surface area contributed by atoms with Crippen LogP contribution in [-0.2, 0) is 24.5 Å². The predicted molar refractivity (Wildman–Crippen MR) is 158 cm³/mol. The van der Waals surface area contributed by atoms with Gasteiger partial charge in [0.15, 0.2) is 0 Å². The Kier molecular flexibility index (Phi) is 9.88. The number of carbonyl (C=O) groups excluding carboxylic acids is 3. The molecule has 2 aromatic rings. The van der Waals surface area contributed by atoms with Gasteiger partial charge in [-0.25, -0.2) is 0 Å². The van der Waals surface area contributed by atoms with Gasteiger partial charge in [0.1, 0.15) is 17.1 Å². The maximum atomic E-state index is 13.4. The average Bonchev–Trinajstić information content (AvgIpc) is 2.94. The van der Waals surface area contributed by atoms with Gasteiger partial charge < -0.3 is 19.1 Å². The highest BCUT2D eigenvalue weighted by atomic mass is 19.4. The number of likely N-dealkylation sites (tertiary alicyclic amines) is 1. The highest BCUT2D eigenvalue weighted by molar-refractivity contribution is 5.92. The number of halogens is 3. The summed E-state index contributed by atoms with van der Waals surface area (Å²) in [4.78, 5) is 41.5. The van der Waals surface area contributed by atoms with E-state index >= 15 is 0 Å². The van der Waals surface area contributed by atoms with E-state index in [1.807, 2.05) is 18.2 Å². The molecule has 44 heavy (non-hydrogen) atoms. The summed E-state index contributed by atoms with van der Waals surface area (Å²) in [5.41, 5.74) is -0.404. The first-order valence-corrected chi connectivity index (χ1v) is 14.4. The molecule has 1 aliphatic heterocycles. The molecule has 236 valence electrons. The summed E-state index contributed by atoms with van der Waals surface area (Å²) < 4.78 is 53.6. The summed E-state index contributed by atoms with van der Waals surface area (Å²) >= 11 is 0. The van der Waals surface area contributed by atoms with E-state index < -0.39 is 29.3 Å². The van der Waals surface area contributed by atoms with Gasteiger partial charge in [-0.15, -0.1) is 19.8 Å². The molecule has 0 aromatic heterocycles. The Morgan fingerprint density at radius 1 is 1.07 bits per heavy atom. The Morgan fingerprint density at radius 2 is 1.80 bits per heavy atom. The van der Waals surface area contributed by atoms with E-state index in [1.54, 1.807) is 30.1 Å². The second-order valence-corrected chi connectivity index (χ2v) is 11.4. The quantitative estimate of drug-likeness (QED) is 0.156. The smallest absolute Gasteiger partial charge is 0.457 e. The molecule has 4 rings (SSSR count). The maximum Gasteiger partial charge on any atom is 0.573 e. The lowest BCUT2D eigenvalue weighted by atomic mass is 9.55. The van der Waals surface area contributed by atoms with Crippen LogP contribution in [0.25, 0.3) is 6.08 Å². The second-order valence-electron chi connectivity index (χ2n) is 11.4. The molecule has 11 heteroatoms. The zero-order valence-corrected chi connectivity index (χ0v) is 25.1. The Hall–Kier alpha value is -4.12. The topological polar surface area (TPSA) is 85.4 Å². The Balaban J connectivity index is 1.66. The van der Waals surface area contributed by atoms with Gasteiger partial charge >= 0.3 is 18.3 Å². The van der Waals surface area contributed by atoms with Crippen LogP contribution < -0.4 is 9.47 Å². The number of hydrogen-bond donors (Lipinski definition) is 0. The number of amides is 1. The van der Waals surface area contributed by atoms with E-state index in [9.17, 15) is 27.6 Å². The summed E-state index contributed by atoms with van der Waals surface area (Å²) in [6, 6.07) is 12.4. The largest absolute Gasteiger partial charge is 0.573 e. The van der Waals surface area contributed by atoms with Gasteiger partial charge in [0.05, 0.1) is 0 Å². The number of likely N-dealkylation sites (N-methyl/N-ethyl adjacent to an activating group) is 1. The number of esters is 2. The SMILES string of the molecule is C=CCN1CCC2(c3cccc(OC(C)=O)c3)CC(N(C)C(=O)/C=C/c3cccc(OC(F)(F)F)c3)CCC2(OC(C)=O)C1. The van der Waals surface area contributed by atoms with Crippen molar-refractivity contribution in [2.24, 2.45) is 0 Å².